The van der Waals surface area contributed by atoms with Crippen molar-refractivity contribution in [2.45, 2.75) is 8.65 Å². The Balaban J connectivity index is 1.28. The Labute approximate surface area is 251 Å². The lowest BCUT2D eigenvalue weighted by atomic mass is 9.54. The number of carboxylic acids is 1. The fraction of sp³-hybridized carbons (Fsp3) is 0.125. The summed E-state index contributed by atoms with van der Waals surface area (Å²) in [4.78, 5) is 54.0. The van der Waals surface area contributed by atoms with Gasteiger partial charge < -0.3 is 10.4 Å². The molecule has 41 heavy (non-hydrogen) atoms. The molecule has 7 nitrogen and oxygen atoms in total. The maximum absolute atomic E-state index is 14.3. The number of benzene rings is 4. The van der Waals surface area contributed by atoms with Crippen LogP contribution in [0.5, 0.6) is 0 Å². The van der Waals surface area contributed by atoms with E-state index in [1.165, 1.54) is 35.2 Å². The van der Waals surface area contributed by atoms with Crippen LogP contribution in [-0.2, 0) is 18.2 Å². The molecule has 0 radical (unpaired) electrons. The van der Waals surface area contributed by atoms with E-state index in [2.05, 4.69) is 37.2 Å². The number of aromatic carboxylic acids is 1. The Morgan fingerprint density at radius 2 is 1.17 bits per heavy atom. The molecule has 0 aromatic heterocycles. The van der Waals surface area contributed by atoms with Crippen LogP contribution < -0.4 is 10.2 Å². The van der Waals surface area contributed by atoms with Gasteiger partial charge in [0.05, 0.1) is 31.7 Å². The number of halogens is 2. The highest BCUT2D eigenvalue weighted by Crippen LogP contribution is 2.70. The summed E-state index contributed by atoms with van der Waals surface area (Å²) < 4.78 is -1.81. The number of hydrogen-bond acceptors (Lipinski definition) is 4. The number of rotatable bonds is 4. The van der Waals surface area contributed by atoms with Crippen molar-refractivity contribution in [2.75, 3.05) is 10.2 Å². The van der Waals surface area contributed by atoms with Gasteiger partial charge in [-0.1, -0.05) is 86.5 Å². The van der Waals surface area contributed by atoms with E-state index in [1.54, 1.807) is 18.2 Å². The van der Waals surface area contributed by atoms with Crippen LogP contribution in [0.1, 0.15) is 43.0 Å². The Bertz CT molecular complexity index is 1700. The van der Waals surface area contributed by atoms with E-state index in [9.17, 15) is 19.2 Å². The van der Waals surface area contributed by atoms with Gasteiger partial charge in [-0.25, -0.2) is 9.69 Å². The Hall–Kier alpha value is -4.08. The van der Waals surface area contributed by atoms with Crippen molar-refractivity contribution in [1.29, 1.82) is 0 Å². The number of nitrogens with one attached hydrogen (secondary N) is 1. The minimum atomic E-state index is -1.06. The van der Waals surface area contributed by atoms with Gasteiger partial charge >= 0.3 is 5.97 Å². The van der Waals surface area contributed by atoms with Crippen molar-refractivity contribution in [3.63, 3.8) is 0 Å². The number of carboxylic acid groups (broad SMARTS) is 1. The second-order valence-electron chi connectivity index (χ2n) is 10.4. The molecule has 2 atom stereocenters. The zero-order valence-corrected chi connectivity index (χ0v) is 24.3. The van der Waals surface area contributed by atoms with E-state index in [1.807, 2.05) is 48.5 Å². The standard InChI is InChI=1S/C32H20Br2N2O5/c33-31-21-8-1-2-9-22(21)32(34,24-11-4-3-10-23(24)31)26-25(31)28(38)36(29(26)39)20-7-5-6-18(16-20)27(37)35-19-14-12-17(13-15-19)30(40)41/h1-16,25-26H,(H,35,37)(H,40,41)/t25-,26+,31?,32?. The van der Waals surface area contributed by atoms with Crippen molar-refractivity contribution in [1.82, 2.24) is 0 Å². The number of carbonyl (C=O) groups is 4. The number of carbonyl (C=O) groups excluding carboxylic acids is 3. The predicted molar refractivity (Wildman–Crippen MR) is 160 cm³/mol. The first-order chi connectivity index (χ1) is 19.7. The number of nitrogens with zero attached hydrogens (tertiary/aromatic N) is 1. The van der Waals surface area contributed by atoms with E-state index in [0.717, 1.165) is 22.3 Å². The minimum Gasteiger partial charge on any atom is -0.478 e. The molecule has 1 aliphatic heterocycles. The lowest BCUT2D eigenvalue weighted by molar-refractivity contribution is -0.122. The van der Waals surface area contributed by atoms with Gasteiger partial charge in [-0.3, -0.25) is 14.4 Å². The number of alkyl halides is 2. The van der Waals surface area contributed by atoms with Gasteiger partial charge in [-0.15, -0.1) is 0 Å². The van der Waals surface area contributed by atoms with Crippen LogP contribution in [0.3, 0.4) is 0 Å². The van der Waals surface area contributed by atoms with Crippen LogP contribution >= 0.6 is 31.9 Å². The van der Waals surface area contributed by atoms with Crippen LogP contribution in [0.4, 0.5) is 11.4 Å². The SMILES string of the molecule is O=C(O)c1ccc(NC(=O)c2cccc(N3C(=O)[C@@H]4[C@H](C3=O)C3(Br)c5ccccc5C4(Br)c4ccccc43)c2)cc1. The van der Waals surface area contributed by atoms with E-state index >= 15 is 0 Å². The molecule has 0 saturated carbocycles. The number of hydrogen-bond donors (Lipinski definition) is 2. The van der Waals surface area contributed by atoms with Gasteiger partial charge in [-0.2, -0.15) is 0 Å². The van der Waals surface area contributed by atoms with Gasteiger partial charge in [0.1, 0.15) is 0 Å². The van der Waals surface area contributed by atoms with Crippen molar-refractivity contribution < 1.29 is 24.3 Å². The highest BCUT2D eigenvalue weighted by atomic mass is 79.9. The van der Waals surface area contributed by atoms with Gasteiger partial charge in [0, 0.05) is 11.3 Å². The Morgan fingerprint density at radius 3 is 1.63 bits per heavy atom. The zero-order valence-electron chi connectivity index (χ0n) is 21.2. The Morgan fingerprint density at radius 1 is 0.683 bits per heavy atom. The van der Waals surface area contributed by atoms with Crippen molar-refractivity contribution in [3.05, 3.63) is 130 Å². The molecule has 8 rings (SSSR count). The lowest BCUT2D eigenvalue weighted by Crippen LogP contribution is -2.56. The van der Waals surface area contributed by atoms with Crippen LogP contribution in [0.2, 0.25) is 0 Å². The summed E-state index contributed by atoms with van der Waals surface area (Å²) in [6, 6.07) is 27.9. The molecule has 1 saturated heterocycles. The van der Waals surface area contributed by atoms with Crippen LogP contribution in [0, 0.1) is 11.8 Å². The van der Waals surface area contributed by atoms with Gasteiger partial charge in [0.15, 0.2) is 0 Å². The van der Waals surface area contributed by atoms with Crippen molar-refractivity contribution >= 4 is 66.9 Å². The molecular formula is C32H20Br2N2O5. The third-order valence-corrected chi connectivity index (χ3v) is 11.0. The molecular weight excluding hydrogens is 652 g/mol. The number of imide groups is 1. The highest BCUT2D eigenvalue weighted by Gasteiger charge is 2.72. The maximum Gasteiger partial charge on any atom is 0.335 e. The second-order valence-corrected chi connectivity index (χ2v) is 12.9. The summed E-state index contributed by atoms with van der Waals surface area (Å²) in [5.74, 6) is -3.64. The average Bonchev–Trinajstić information content (AvgIpc) is 3.27. The third-order valence-electron chi connectivity index (χ3n) is 8.34. The fourth-order valence-electron chi connectivity index (χ4n) is 6.61. The smallest absolute Gasteiger partial charge is 0.335 e. The lowest BCUT2D eigenvalue weighted by Gasteiger charge is -2.55. The molecule has 202 valence electrons. The van der Waals surface area contributed by atoms with Crippen LogP contribution in [0.25, 0.3) is 0 Å². The topological polar surface area (TPSA) is 104 Å². The molecule has 0 spiro atoms. The first-order valence-corrected chi connectivity index (χ1v) is 14.5. The average molecular weight is 672 g/mol. The summed E-state index contributed by atoms with van der Waals surface area (Å²) in [7, 11) is 0. The molecule has 1 heterocycles. The normalized spacial score (nSPS) is 25.4. The quantitative estimate of drug-likeness (QED) is 0.203. The summed E-state index contributed by atoms with van der Waals surface area (Å²) in [6.07, 6.45) is 0. The molecule has 1 fully saturated rings. The van der Waals surface area contributed by atoms with Crippen molar-refractivity contribution in [3.8, 4) is 0 Å². The van der Waals surface area contributed by atoms with Gasteiger partial charge in [0.2, 0.25) is 11.8 Å². The summed E-state index contributed by atoms with van der Waals surface area (Å²) >= 11 is 7.99. The minimum absolute atomic E-state index is 0.102. The molecule has 4 aromatic rings. The van der Waals surface area contributed by atoms with E-state index in [4.69, 9.17) is 5.11 Å². The molecule has 4 aliphatic rings. The fourth-order valence-corrected chi connectivity index (χ4v) is 8.91. The summed E-state index contributed by atoms with van der Waals surface area (Å²) in [6.45, 7) is 0. The second kappa shape index (κ2) is 8.96. The predicted octanol–water partition coefficient (Wildman–Crippen LogP) is 6.05. The third kappa shape index (κ3) is 3.42. The summed E-state index contributed by atoms with van der Waals surface area (Å²) in [5, 5.41) is 11.8. The zero-order chi connectivity index (χ0) is 28.7. The molecule has 2 bridgehead atoms. The van der Waals surface area contributed by atoms with Crippen molar-refractivity contribution in [2.24, 2.45) is 11.8 Å². The van der Waals surface area contributed by atoms with E-state index < -0.39 is 32.4 Å². The number of amides is 3. The molecule has 4 aromatic carbocycles. The van der Waals surface area contributed by atoms with Gasteiger partial charge in [-0.05, 0) is 64.7 Å². The largest absolute Gasteiger partial charge is 0.478 e. The highest BCUT2D eigenvalue weighted by molar-refractivity contribution is 9.10. The maximum atomic E-state index is 14.3. The summed E-state index contributed by atoms with van der Waals surface area (Å²) in [5.41, 5.74) is 4.86. The molecule has 2 N–H and O–H groups in total. The molecule has 3 aliphatic carbocycles. The van der Waals surface area contributed by atoms with Gasteiger partial charge in [0.25, 0.3) is 5.91 Å². The molecule has 0 unspecified atom stereocenters. The van der Waals surface area contributed by atoms with Crippen LogP contribution in [-0.4, -0.2) is 28.8 Å². The van der Waals surface area contributed by atoms with E-state index in [-0.39, 0.29) is 22.9 Å². The Kier molecular flexibility index (Phi) is 5.65. The number of anilines is 2. The first-order valence-electron chi connectivity index (χ1n) is 12.9. The molecule has 3 amide bonds. The first kappa shape index (κ1) is 25.9. The molecule has 9 heteroatoms. The monoisotopic (exact) mass is 670 g/mol. The van der Waals surface area contributed by atoms with E-state index in [0.29, 0.717) is 11.4 Å². The van der Waals surface area contributed by atoms with Crippen LogP contribution in [0.15, 0.2) is 97.1 Å².